The molecule has 2 fully saturated rings. The summed E-state index contributed by atoms with van der Waals surface area (Å²) in [5, 5.41) is 9.38. The number of rotatable bonds is 5. The minimum atomic E-state index is -1.17. The highest BCUT2D eigenvalue weighted by molar-refractivity contribution is 6.10. The highest BCUT2D eigenvalue weighted by atomic mass is 16.4. The zero-order valence-electron chi connectivity index (χ0n) is 13.9. The maximum atomic E-state index is 12.3. The summed E-state index contributed by atoms with van der Waals surface area (Å²) in [5.41, 5.74) is 1.01. The van der Waals surface area contributed by atoms with Crippen molar-refractivity contribution in [2.75, 3.05) is 0 Å². The van der Waals surface area contributed by atoms with Gasteiger partial charge in [0.05, 0.1) is 6.42 Å². The number of hydrogen-bond donors (Lipinski definition) is 1. The smallest absolute Gasteiger partial charge is 0.314 e. The quantitative estimate of drug-likeness (QED) is 0.823. The van der Waals surface area contributed by atoms with Gasteiger partial charge >= 0.3 is 5.97 Å². The van der Waals surface area contributed by atoms with Crippen molar-refractivity contribution in [3.05, 3.63) is 35.9 Å². The SMILES string of the molecule is O=C1CC(=O)C(C(=O)O)C(C[C@@H]2CCC(=O)N2Cc2ccccc2)C1. The molecule has 1 aliphatic heterocycles. The van der Waals surface area contributed by atoms with E-state index in [1.54, 1.807) is 4.90 Å². The van der Waals surface area contributed by atoms with Gasteiger partial charge in [0.25, 0.3) is 0 Å². The molecule has 0 radical (unpaired) electrons. The Morgan fingerprint density at radius 2 is 1.88 bits per heavy atom. The Labute approximate surface area is 145 Å². The van der Waals surface area contributed by atoms with Gasteiger partial charge in [0.1, 0.15) is 11.7 Å². The van der Waals surface area contributed by atoms with Crippen molar-refractivity contribution in [2.24, 2.45) is 11.8 Å². The second-order valence-electron chi connectivity index (χ2n) is 6.90. The van der Waals surface area contributed by atoms with Crippen LogP contribution >= 0.6 is 0 Å². The second-order valence-corrected chi connectivity index (χ2v) is 6.90. The van der Waals surface area contributed by atoms with Crippen LogP contribution < -0.4 is 0 Å². The maximum absolute atomic E-state index is 12.3. The lowest BCUT2D eigenvalue weighted by atomic mass is 9.74. The Hall–Kier alpha value is -2.50. The Morgan fingerprint density at radius 1 is 1.16 bits per heavy atom. The predicted octanol–water partition coefficient (Wildman–Crippen LogP) is 1.82. The Kier molecular flexibility index (Phi) is 4.97. The molecule has 1 aromatic rings. The molecule has 1 aromatic carbocycles. The normalized spacial score (nSPS) is 27.0. The molecule has 1 aliphatic carbocycles. The average Bonchev–Trinajstić information content (AvgIpc) is 2.88. The topological polar surface area (TPSA) is 91.7 Å². The van der Waals surface area contributed by atoms with Gasteiger partial charge in [0, 0.05) is 25.4 Å². The van der Waals surface area contributed by atoms with Crippen LogP contribution in [0.3, 0.4) is 0 Å². The number of nitrogens with zero attached hydrogens (tertiary/aromatic N) is 1. The van der Waals surface area contributed by atoms with Gasteiger partial charge in [-0.2, -0.15) is 0 Å². The monoisotopic (exact) mass is 343 g/mol. The molecule has 132 valence electrons. The van der Waals surface area contributed by atoms with Crippen LogP contribution in [0.1, 0.15) is 37.7 Å². The van der Waals surface area contributed by atoms with Crippen LogP contribution in [0.15, 0.2) is 30.3 Å². The first-order chi connectivity index (χ1) is 12.0. The van der Waals surface area contributed by atoms with E-state index >= 15 is 0 Å². The number of carboxylic acid groups (broad SMARTS) is 1. The molecule has 3 atom stereocenters. The maximum Gasteiger partial charge on any atom is 0.314 e. The second kappa shape index (κ2) is 7.17. The van der Waals surface area contributed by atoms with Crippen molar-refractivity contribution in [1.29, 1.82) is 0 Å². The molecule has 0 aromatic heterocycles. The first-order valence-corrected chi connectivity index (χ1v) is 8.56. The van der Waals surface area contributed by atoms with E-state index in [9.17, 15) is 24.3 Å². The van der Waals surface area contributed by atoms with Crippen molar-refractivity contribution >= 4 is 23.4 Å². The van der Waals surface area contributed by atoms with Crippen LogP contribution in [0.5, 0.6) is 0 Å². The number of likely N-dealkylation sites (tertiary alicyclic amines) is 1. The van der Waals surface area contributed by atoms with Gasteiger partial charge in [0.15, 0.2) is 5.78 Å². The molecule has 2 unspecified atom stereocenters. The molecule has 6 nitrogen and oxygen atoms in total. The van der Waals surface area contributed by atoms with Gasteiger partial charge < -0.3 is 10.0 Å². The summed E-state index contributed by atoms with van der Waals surface area (Å²) < 4.78 is 0. The lowest BCUT2D eigenvalue weighted by molar-refractivity contribution is -0.152. The van der Waals surface area contributed by atoms with Crippen LogP contribution in [-0.2, 0) is 25.7 Å². The summed E-state index contributed by atoms with van der Waals surface area (Å²) in [5.74, 6) is -3.50. The number of ketones is 2. The fourth-order valence-electron chi connectivity index (χ4n) is 3.99. The molecule has 1 N–H and O–H groups in total. The average molecular weight is 343 g/mol. The minimum absolute atomic E-state index is 0.0363. The first kappa shape index (κ1) is 17.3. The molecule has 0 spiro atoms. The highest BCUT2D eigenvalue weighted by Crippen LogP contribution is 2.34. The van der Waals surface area contributed by atoms with Crippen LogP contribution in [0.4, 0.5) is 0 Å². The Morgan fingerprint density at radius 3 is 2.56 bits per heavy atom. The van der Waals surface area contributed by atoms with E-state index < -0.39 is 23.6 Å². The van der Waals surface area contributed by atoms with Gasteiger partial charge in [-0.05, 0) is 24.3 Å². The van der Waals surface area contributed by atoms with Gasteiger partial charge in [-0.1, -0.05) is 30.3 Å². The number of benzene rings is 1. The highest BCUT2D eigenvalue weighted by Gasteiger charge is 2.43. The summed E-state index contributed by atoms with van der Waals surface area (Å²) >= 11 is 0. The third-order valence-electron chi connectivity index (χ3n) is 5.17. The van der Waals surface area contributed by atoms with Gasteiger partial charge in [0.2, 0.25) is 5.91 Å². The minimum Gasteiger partial charge on any atom is -0.481 e. The number of amides is 1. The van der Waals surface area contributed by atoms with Crippen LogP contribution in [0.25, 0.3) is 0 Å². The zero-order valence-corrected chi connectivity index (χ0v) is 13.9. The number of carbonyl (C=O) groups is 4. The van der Waals surface area contributed by atoms with Crippen LogP contribution in [0, 0.1) is 11.8 Å². The van der Waals surface area contributed by atoms with E-state index in [0.29, 0.717) is 25.8 Å². The Bertz CT molecular complexity index is 699. The van der Waals surface area contributed by atoms with E-state index in [2.05, 4.69) is 0 Å². The number of hydrogen-bond acceptors (Lipinski definition) is 4. The number of carboxylic acids is 1. The van der Waals surface area contributed by atoms with Crippen molar-refractivity contribution in [1.82, 2.24) is 4.90 Å². The van der Waals surface area contributed by atoms with Gasteiger partial charge in [-0.3, -0.25) is 19.2 Å². The molecule has 0 bridgehead atoms. The standard InChI is InChI=1S/C19H21NO5/c21-15-9-13(18(19(24)25)16(22)10-15)8-14-6-7-17(23)20(14)11-12-4-2-1-3-5-12/h1-5,13-14,18H,6-11H2,(H,24,25)/t13?,14-,18?/m0/s1. The Balaban J connectivity index is 1.75. The van der Waals surface area contributed by atoms with E-state index in [4.69, 9.17) is 0 Å². The van der Waals surface area contributed by atoms with Crippen molar-refractivity contribution in [3.63, 3.8) is 0 Å². The summed E-state index contributed by atoms with van der Waals surface area (Å²) in [4.78, 5) is 49.2. The van der Waals surface area contributed by atoms with Gasteiger partial charge in [-0.15, -0.1) is 0 Å². The largest absolute Gasteiger partial charge is 0.481 e. The number of aliphatic carboxylic acids is 1. The summed E-state index contributed by atoms with van der Waals surface area (Å²) in [6.45, 7) is 0.469. The van der Waals surface area contributed by atoms with Crippen molar-refractivity contribution in [2.45, 2.75) is 44.7 Å². The molecule has 1 heterocycles. The fraction of sp³-hybridized carbons (Fsp3) is 0.474. The molecule has 25 heavy (non-hydrogen) atoms. The molecule has 3 rings (SSSR count). The molecule has 1 amide bonds. The lowest BCUT2D eigenvalue weighted by Gasteiger charge is -2.32. The first-order valence-electron chi connectivity index (χ1n) is 8.56. The third-order valence-corrected chi connectivity index (χ3v) is 5.17. The molecule has 1 saturated carbocycles. The van der Waals surface area contributed by atoms with Crippen molar-refractivity contribution in [3.8, 4) is 0 Å². The molecule has 2 aliphatic rings. The summed E-state index contributed by atoms with van der Waals surface area (Å²) in [6, 6.07) is 9.47. The van der Waals surface area contributed by atoms with Gasteiger partial charge in [-0.25, -0.2) is 0 Å². The summed E-state index contributed by atoms with van der Waals surface area (Å²) in [6.07, 6.45) is 1.26. The molecular formula is C19H21NO5. The summed E-state index contributed by atoms with van der Waals surface area (Å²) in [7, 11) is 0. The van der Waals surface area contributed by atoms with Crippen LogP contribution in [-0.4, -0.2) is 39.5 Å². The van der Waals surface area contributed by atoms with E-state index in [0.717, 1.165) is 5.56 Å². The predicted molar refractivity (Wildman–Crippen MR) is 88.5 cm³/mol. The fourth-order valence-corrected chi connectivity index (χ4v) is 3.99. The lowest BCUT2D eigenvalue weighted by Crippen LogP contribution is -2.42. The van der Waals surface area contributed by atoms with Crippen LogP contribution in [0.2, 0.25) is 0 Å². The zero-order chi connectivity index (χ0) is 18.0. The molecule has 1 saturated heterocycles. The number of carbonyl (C=O) groups excluding carboxylic acids is 3. The van der Waals surface area contributed by atoms with E-state index in [1.807, 2.05) is 30.3 Å². The molecule has 6 heteroatoms. The number of Topliss-reactive ketones (excluding diaryl/α,β-unsaturated/α-hetero) is 2. The van der Waals surface area contributed by atoms with E-state index in [1.165, 1.54) is 0 Å². The third kappa shape index (κ3) is 3.78. The van der Waals surface area contributed by atoms with E-state index in [-0.39, 0.29) is 30.6 Å². The molecular weight excluding hydrogens is 322 g/mol. The van der Waals surface area contributed by atoms with Crippen molar-refractivity contribution < 1.29 is 24.3 Å².